The molecule has 0 bridgehead atoms. The zero-order valence-corrected chi connectivity index (χ0v) is 10.6. The Morgan fingerprint density at radius 3 is 2.94 bits per heavy atom. The fraction of sp³-hybridized carbons (Fsp3) is 0.400. The van der Waals surface area contributed by atoms with Gasteiger partial charge in [-0.25, -0.2) is 0 Å². The van der Waals surface area contributed by atoms with Crippen LogP contribution in [0.5, 0.6) is 0 Å². The maximum atomic E-state index is 5.82. The molecule has 2 aromatic rings. The maximum Gasteiger partial charge on any atom is 0.0700 e. The molecule has 1 aromatic carbocycles. The molecule has 3 rings (SSSR count). The molecule has 3 nitrogen and oxygen atoms in total. The van der Waals surface area contributed by atoms with Crippen LogP contribution in [0.15, 0.2) is 24.3 Å². The number of nitrogens with two attached hydrogens (primary N) is 1. The molecule has 1 heterocycles. The summed E-state index contributed by atoms with van der Waals surface area (Å²) in [5.74, 6) is 0. The van der Waals surface area contributed by atoms with Crippen LogP contribution < -0.4 is 5.73 Å². The molecule has 3 N–H and O–H groups in total. The summed E-state index contributed by atoms with van der Waals surface area (Å²) in [5.41, 5.74) is 11.9. The second-order valence-electron chi connectivity index (χ2n) is 5.11. The first kappa shape index (κ1) is 11.3. The largest absolute Gasteiger partial charge is 0.399 e. The van der Waals surface area contributed by atoms with Crippen LogP contribution in [0.3, 0.4) is 0 Å². The smallest absolute Gasteiger partial charge is 0.0700 e. The number of nitrogens with one attached hydrogen (secondary N) is 1. The summed E-state index contributed by atoms with van der Waals surface area (Å²) in [6, 6.07) is 8.09. The number of benzene rings is 1. The van der Waals surface area contributed by atoms with Crippen LogP contribution in [0.4, 0.5) is 5.69 Å². The number of H-pyrrole nitrogens is 1. The zero-order chi connectivity index (χ0) is 12.4. The minimum atomic E-state index is 0.828. The van der Waals surface area contributed by atoms with Gasteiger partial charge in [-0.2, -0.15) is 5.10 Å². The molecular formula is C15H19N3. The number of hydrogen-bond donors (Lipinski definition) is 2. The van der Waals surface area contributed by atoms with Gasteiger partial charge < -0.3 is 5.73 Å². The van der Waals surface area contributed by atoms with E-state index in [2.05, 4.69) is 16.3 Å². The SMILES string of the molecule is Nc1cccc(Cc2n[nH]c3c2CCCCC3)c1. The molecule has 1 aromatic heterocycles. The van der Waals surface area contributed by atoms with Crippen molar-refractivity contribution < 1.29 is 0 Å². The molecule has 1 aliphatic rings. The van der Waals surface area contributed by atoms with E-state index in [1.165, 1.54) is 48.2 Å². The quantitative estimate of drug-likeness (QED) is 0.627. The van der Waals surface area contributed by atoms with E-state index in [4.69, 9.17) is 5.73 Å². The highest BCUT2D eigenvalue weighted by Gasteiger charge is 2.15. The van der Waals surface area contributed by atoms with Crippen molar-refractivity contribution in [2.45, 2.75) is 38.5 Å². The van der Waals surface area contributed by atoms with Gasteiger partial charge in [0.05, 0.1) is 5.69 Å². The van der Waals surface area contributed by atoms with Crippen LogP contribution in [0.2, 0.25) is 0 Å². The molecule has 18 heavy (non-hydrogen) atoms. The summed E-state index contributed by atoms with van der Waals surface area (Å²) in [6.45, 7) is 0. The van der Waals surface area contributed by atoms with Crippen LogP contribution >= 0.6 is 0 Å². The Morgan fingerprint density at radius 1 is 1.17 bits per heavy atom. The van der Waals surface area contributed by atoms with Gasteiger partial charge in [0.15, 0.2) is 0 Å². The van der Waals surface area contributed by atoms with Crippen molar-refractivity contribution in [2.75, 3.05) is 5.73 Å². The van der Waals surface area contributed by atoms with Gasteiger partial charge in [-0.05, 0) is 48.9 Å². The van der Waals surface area contributed by atoms with Crippen molar-refractivity contribution in [1.82, 2.24) is 10.2 Å². The number of aryl methyl sites for hydroxylation is 1. The molecule has 1 aliphatic carbocycles. The van der Waals surface area contributed by atoms with Gasteiger partial charge in [-0.1, -0.05) is 18.6 Å². The molecule has 0 amide bonds. The Balaban J connectivity index is 1.87. The minimum absolute atomic E-state index is 0.828. The van der Waals surface area contributed by atoms with Crippen molar-refractivity contribution in [3.05, 3.63) is 46.8 Å². The van der Waals surface area contributed by atoms with Crippen LogP contribution in [-0.2, 0) is 19.3 Å². The fourth-order valence-electron chi connectivity index (χ4n) is 2.77. The monoisotopic (exact) mass is 241 g/mol. The summed E-state index contributed by atoms with van der Waals surface area (Å²) in [5, 5.41) is 7.72. The number of hydrogen-bond acceptors (Lipinski definition) is 2. The highest BCUT2D eigenvalue weighted by Crippen LogP contribution is 2.23. The summed E-state index contributed by atoms with van der Waals surface area (Å²) >= 11 is 0. The summed E-state index contributed by atoms with van der Waals surface area (Å²) in [6.07, 6.45) is 7.11. The van der Waals surface area contributed by atoms with E-state index in [0.717, 1.165) is 18.5 Å². The average Bonchev–Trinajstić information content (AvgIpc) is 2.60. The molecule has 0 atom stereocenters. The maximum absolute atomic E-state index is 5.82. The molecule has 0 aliphatic heterocycles. The highest BCUT2D eigenvalue weighted by molar-refractivity contribution is 5.42. The van der Waals surface area contributed by atoms with Crippen LogP contribution in [0.1, 0.15) is 41.8 Å². The van der Waals surface area contributed by atoms with Gasteiger partial charge in [0.2, 0.25) is 0 Å². The number of nitrogen functional groups attached to an aromatic ring is 1. The Bertz CT molecular complexity index is 542. The molecule has 3 heteroatoms. The topological polar surface area (TPSA) is 54.7 Å². The lowest BCUT2D eigenvalue weighted by Crippen LogP contribution is -1.96. The van der Waals surface area contributed by atoms with E-state index in [1.54, 1.807) is 0 Å². The van der Waals surface area contributed by atoms with Crippen molar-refractivity contribution in [3.63, 3.8) is 0 Å². The predicted octanol–water partition coefficient (Wildman–Crippen LogP) is 2.85. The molecule has 0 unspecified atom stereocenters. The van der Waals surface area contributed by atoms with Gasteiger partial charge in [0.1, 0.15) is 0 Å². The highest BCUT2D eigenvalue weighted by atomic mass is 15.1. The number of aromatic nitrogens is 2. The first-order chi connectivity index (χ1) is 8.83. The summed E-state index contributed by atoms with van der Waals surface area (Å²) in [4.78, 5) is 0. The second kappa shape index (κ2) is 4.84. The van der Waals surface area contributed by atoms with Crippen molar-refractivity contribution >= 4 is 5.69 Å². The normalized spacial score (nSPS) is 15.1. The second-order valence-corrected chi connectivity index (χ2v) is 5.11. The lowest BCUT2D eigenvalue weighted by atomic mass is 10.0. The lowest BCUT2D eigenvalue weighted by molar-refractivity contribution is 0.699. The Labute approximate surface area is 107 Å². The van der Waals surface area contributed by atoms with E-state index in [-0.39, 0.29) is 0 Å². The van der Waals surface area contributed by atoms with Gasteiger partial charge in [0, 0.05) is 17.8 Å². The number of rotatable bonds is 2. The summed E-state index contributed by atoms with van der Waals surface area (Å²) in [7, 11) is 0. The Hall–Kier alpha value is -1.77. The van der Waals surface area contributed by atoms with E-state index in [0.29, 0.717) is 0 Å². The third-order valence-electron chi connectivity index (χ3n) is 3.71. The molecule has 94 valence electrons. The summed E-state index contributed by atoms with van der Waals surface area (Å²) < 4.78 is 0. The molecule has 0 spiro atoms. The van der Waals surface area contributed by atoms with Gasteiger partial charge in [0.25, 0.3) is 0 Å². The van der Waals surface area contributed by atoms with Gasteiger partial charge in [-0.15, -0.1) is 0 Å². The van der Waals surface area contributed by atoms with E-state index < -0.39 is 0 Å². The third-order valence-corrected chi connectivity index (χ3v) is 3.71. The Morgan fingerprint density at radius 2 is 2.06 bits per heavy atom. The van der Waals surface area contributed by atoms with Crippen LogP contribution in [-0.4, -0.2) is 10.2 Å². The lowest BCUT2D eigenvalue weighted by Gasteiger charge is -2.03. The van der Waals surface area contributed by atoms with E-state index >= 15 is 0 Å². The Kier molecular flexibility index (Phi) is 3.05. The third kappa shape index (κ3) is 2.26. The number of fused-ring (bicyclic) bond motifs is 1. The molecule has 0 fully saturated rings. The number of anilines is 1. The molecule has 0 saturated heterocycles. The van der Waals surface area contributed by atoms with Crippen molar-refractivity contribution in [3.8, 4) is 0 Å². The van der Waals surface area contributed by atoms with Gasteiger partial charge in [-0.3, -0.25) is 5.10 Å². The van der Waals surface area contributed by atoms with Gasteiger partial charge >= 0.3 is 0 Å². The standard InChI is InChI=1S/C15H19N3/c16-12-6-4-5-11(9-12)10-15-13-7-2-1-3-8-14(13)17-18-15/h4-6,9H,1-3,7-8,10,16H2,(H,17,18). The van der Waals surface area contributed by atoms with Crippen LogP contribution in [0.25, 0.3) is 0 Å². The van der Waals surface area contributed by atoms with Crippen LogP contribution in [0, 0.1) is 0 Å². The van der Waals surface area contributed by atoms with E-state index in [9.17, 15) is 0 Å². The fourth-order valence-corrected chi connectivity index (χ4v) is 2.77. The van der Waals surface area contributed by atoms with E-state index in [1.807, 2.05) is 18.2 Å². The van der Waals surface area contributed by atoms with Crippen molar-refractivity contribution in [2.24, 2.45) is 0 Å². The number of nitrogens with zero attached hydrogens (tertiary/aromatic N) is 1. The first-order valence-corrected chi connectivity index (χ1v) is 6.72. The average molecular weight is 241 g/mol. The first-order valence-electron chi connectivity index (χ1n) is 6.72. The molecular weight excluding hydrogens is 222 g/mol. The minimum Gasteiger partial charge on any atom is -0.399 e. The predicted molar refractivity (Wildman–Crippen MR) is 73.5 cm³/mol. The van der Waals surface area contributed by atoms with Crippen molar-refractivity contribution in [1.29, 1.82) is 0 Å². The molecule has 0 saturated carbocycles. The number of aromatic amines is 1. The molecule has 0 radical (unpaired) electrons. The zero-order valence-electron chi connectivity index (χ0n) is 10.6.